The number of hydrogen-bond acceptors (Lipinski definition) is 8. The van der Waals surface area contributed by atoms with E-state index in [9.17, 15) is 30.3 Å². The van der Waals surface area contributed by atoms with Crippen molar-refractivity contribution in [2.75, 3.05) is 13.2 Å². The summed E-state index contributed by atoms with van der Waals surface area (Å²) in [5.74, 6) is -0.137. The van der Waals surface area contributed by atoms with Crippen LogP contribution in [0.4, 0.5) is 0 Å². The zero-order chi connectivity index (χ0) is 47.3. The highest BCUT2D eigenvalue weighted by Gasteiger charge is 2.44. The summed E-state index contributed by atoms with van der Waals surface area (Å²) in [6, 6.07) is -0.712. The minimum absolute atomic E-state index is 0.131. The first-order valence-corrected chi connectivity index (χ1v) is 28.7. The van der Waals surface area contributed by atoms with E-state index in [1.54, 1.807) is 0 Å². The van der Waals surface area contributed by atoms with Crippen molar-refractivity contribution < 1.29 is 39.8 Å². The zero-order valence-electron chi connectivity index (χ0n) is 43.0. The number of ether oxygens (including phenoxy) is 2. The average molecular weight is 927 g/mol. The van der Waals surface area contributed by atoms with E-state index in [1.165, 1.54) is 231 Å². The van der Waals surface area contributed by atoms with Crippen LogP contribution in [0.3, 0.4) is 0 Å². The van der Waals surface area contributed by atoms with Gasteiger partial charge in [-0.15, -0.1) is 0 Å². The molecule has 0 aliphatic carbocycles. The van der Waals surface area contributed by atoms with E-state index < -0.39 is 49.5 Å². The molecule has 0 bridgehead atoms. The Kier molecular flexibility index (Phi) is 44.9. The van der Waals surface area contributed by atoms with Crippen LogP contribution in [0.15, 0.2) is 0 Å². The molecule has 7 atom stereocenters. The molecule has 0 radical (unpaired) electrons. The summed E-state index contributed by atoms with van der Waals surface area (Å²) in [4.78, 5) is 13.0. The van der Waals surface area contributed by atoms with Crippen LogP contribution in [0.2, 0.25) is 0 Å². The van der Waals surface area contributed by atoms with Crippen molar-refractivity contribution in [2.45, 2.75) is 339 Å². The largest absolute Gasteiger partial charge is 0.394 e. The smallest absolute Gasteiger partial charge is 0.220 e. The van der Waals surface area contributed by atoms with Crippen LogP contribution in [-0.4, -0.2) is 87.5 Å². The van der Waals surface area contributed by atoms with E-state index in [0.29, 0.717) is 12.8 Å². The molecule has 7 unspecified atom stereocenters. The lowest BCUT2D eigenvalue weighted by atomic mass is 9.99. The van der Waals surface area contributed by atoms with Gasteiger partial charge in [-0.3, -0.25) is 4.79 Å². The molecule has 1 aliphatic heterocycles. The zero-order valence-corrected chi connectivity index (χ0v) is 43.0. The molecule has 1 amide bonds. The Morgan fingerprint density at radius 1 is 0.462 bits per heavy atom. The van der Waals surface area contributed by atoms with Gasteiger partial charge in [0.1, 0.15) is 24.4 Å². The molecule has 1 aliphatic rings. The van der Waals surface area contributed by atoms with Gasteiger partial charge in [0.15, 0.2) is 6.29 Å². The van der Waals surface area contributed by atoms with Crippen LogP contribution in [0.5, 0.6) is 0 Å². The Morgan fingerprint density at radius 2 is 0.769 bits per heavy atom. The number of aliphatic hydroxyl groups is 5. The number of hydrogen-bond donors (Lipinski definition) is 6. The van der Waals surface area contributed by atoms with Gasteiger partial charge in [0.2, 0.25) is 5.91 Å². The third kappa shape index (κ3) is 36.8. The quantitative estimate of drug-likeness (QED) is 0.0330. The Balaban J connectivity index is 2.11. The second-order valence-corrected chi connectivity index (χ2v) is 20.5. The van der Waals surface area contributed by atoms with Crippen molar-refractivity contribution in [1.29, 1.82) is 0 Å². The molecule has 0 aromatic heterocycles. The van der Waals surface area contributed by atoms with Crippen molar-refractivity contribution in [3.63, 3.8) is 0 Å². The molecule has 1 heterocycles. The molecule has 6 N–H and O–H groups in total. The van der Waals surface area contributed by atoms with Gasteiger partial charge in [0.25, 0.3) is 0 Å². The van der Waals surface area contributed by atoms with E-state index in [0.717, 1.165) is 38.5 Å². The molecule has 0 aromatic carbocycles. The molecule has 0 saturated carbocycles. The highest BCUT2D eigenvalue weighted by molar-refractivity contribution is 5.76. The molecule has 0 aromatic rings. The predicted molar refractivity (Wildman–Crippen MR) is 272 cm³/mol. The van der Waals surface area contributed by atoms with Crippen LogP contribution in [0.25, 0.3) is 0 Å². The summed E-state index contributed by atoms with van der Waals surface area (Å²) in [5, 5.41) is 54.5. The summed E-state index contributed by atoms with van der Waals surface area (Å²) in [5.41, 5.74) is 0. The number of unbranched alkanes of at least 4 members (excludes halogenated alkanes) is 40. The van der Waals surface area contributed by atoms with Crippen LogP contribution >= 0.6 is 0 Å². The van der Waals surface area contributed by atoms with Crippen LogP contribution < -0.4 is 5.32 Å². The number of carbonyl (C=O) groups excluding carboxylic acids is 1. The lowest BCUT2D eigenvalue weighted by Crippen LogP contribution is -2.60. The SMILES string of the molecule is CCCCCCCCCCCCCCCCCCCCCCCCCCCCCCCC(=O)NC(COC1OC(CO)C(O)C(O)C1O)C(O)CCCCCCCCCCCCCCC. The Morgan fingerprint density at radius 3 is 1.09 bits per heavy atom. The third-order valence-electron chi connectivity index (χ3n) is 14.2. The van der Waals surface area contributed by atoms with Gasteiger partial charge in [-0.25, -0.2) is 0 Å². The Hall–Kier alpha value is -0.810. The van der Waals surface area contributed by atoms with Gasteiger partial charge in [-0.05, 0) is 12.8 Å². The molecule has 1 fully saturated rings. The van der Waals surface area contributed by atoms with E-state index in [1.807, 2.05) is 0 Å². The molecule has 65 heavy (non-hydrogen) atoms. The minimum atomic E-state index is -1.55. The maximum absolute atomic E-state index is 13.0. The number of rotatable bonds is 50. The maximum atomic E-state index is 13.0. The second kappa shape index (κ2) is 46.9. The van der Waals surface area contributed by atoms with Crippen molar-refractivity contribution in [1.82, 2.24) is 5.32 Å². The van der Waals surface area contributed by atoms with Gasteiger partial charge in [-0.1, -0.05) is 277 Å². The molecule has 9 nitrogen and oxygen atoms in total. The molecular weight excluding hydrogens is 815 g/mol. The number of carbonyl (C=O) groups is 1. The summed E-state index contributed by atoms with van der Waals surface area (Å²) in [6.45, 7) is 3.87. The normalized spacial score (nSPS) is 19.8. The van der Waals surface area contributed by atoms with Gasteiger partial charge in [-0.2, -0.15) is 0 Å². The van der Waals surface area contributed by atoms with Crippen molar-refractivity contribution in [2.24, 2.45) is 0 Å². The van der Waals surface area contributed by atoms with E-state index in [4.69, 9.17) is 9.47 Å². The molecule has 9 heteroatoms. The van der Waals surface area contributed by atoms with Crippen LogP contribution in [0.1, 0.15) is 296 Å². The first kappa shape index (κ1) is 62.2. The molecule has 1 rings (SSSR count). The monoisotopic (exact) mass is 926 g/mol. The van der Waals surface area contributed by atoms with E-state index in [-0.39, 0.29) is 12.5 Å². The Bertz CT molecular complexity index is 986. The lowest BCUT2D eigenvalue weighted by molar-refractivity contribution is -0.302. The van der Waals surface area contributed by atoms with Gasteiger partial charge >= 0.3 is 0 Å². The van der Waals surface area contributed by atoms with E-state index >= 15 is 0 Å². The number of nitrogens with one attached hydrogen (secondary N) is 1. The summed E-state index contributed by atoms with van der Waals surface area (Å²) in [6.07, 6.45) is 48.6. The van der Waals surface area contributed by atoms with Crippen molar-refractivity contribution in [3.8, 4) is 0 Å². The summed E-state index contributed by atoms with van der Waals surface area (Å²) < 4.78 is 11.3. The molecule has 0 spiro atoms. The highest BCUT2D eigenvalue weighted by Crippen LogP contribution is 2.23. The topological polar surface area (TPSA) is 149 Å². The average Bonchev–Trinajstić information content (AvgIpc) is 3.31. The first-order chi connectivity index (χ1) is 31.8. The molecule has 388 valence electrons. The number of amides is 1. The van der Waals surface area contributed by atoms with Crippen LogP contribution in [-0.2, 0) is 14.3 Å². The predicted octanol–water partition coefficient (Wildman–Crippen LogP) is 13.9. The summed E-state index contributed by atoms with van der Waals surface area (Å²) in [7, 11) is 0. The van der Waals surface area contributed by atoms with Gasteiger partial charge in [0.05, 0.1) is 25.4 Å². The van der Waals surface area contributed by atoms with Crippen LogP contribution in [0, 0.1) is 0 Å². The van der Waals surface area contributed by atoms with Crippen molar-refractivity contribution >= 4 is 5.91 Å². The number of aliphatic hydroxyl groups excluding tert-OH is 5. The maximum Gasteiger partial charge on any atom is 0.220 e. The summed E-state index contributed by atoms with van der Waals surface area (Å²) >= 11 is 0. The second-order valence-electron chi connectivity index (χ2n) is 20.5. The van der Waals surface area contributed by atoms with E-state index in [2.05, 4.69) is 19.2 Å². The minimum Gasteiger partial charge on any atom is -0.394 e. The fourth-order valence-corrected chi connectivity index (χ4v) is 9.64. The Labute approximate surface area is 402 Å². The van der Waals surface area contributed by atoms with Gasteiger partial charge in [0, 0.05) is 6.42 Å². The molecular formula is C56H111NO8. The standard InChI is InChI=1S/C56H111NO8/c1-3-5-7-9-11-13-15-17-18-19-20-21-22-23-24-25-26-27-28-29-30-31-32-34-36-38-40-42-44-46-52(60)57-49(48-64-56-55(63)54(62)53(61)51(47-58)65-56)50(59)45-43-41-39-37-35-33-16-14-12-10-8-6-4-2/h49-51,53-56,58-59,61-63H,3-48H2,1-2H3,(H,57,60). The third-order valence-corrected chi connectivity index (χ3v) is 14.2. The fourth-order valence-electron chi connectivity index (χ4n) is 9.64. The highest BCUT2D eigenvalue weighted by atomic mass is 16.7. The lowest BCUT2D eigenvalue weighted by Gasteiger charge is -2.40. The first-order valence-electron chi connectivity index (χ1n) is 28.7. The fraction of sp³-hybridized carbons (Fsp3) is 0.982. The van der Waals surface area contributed by atoms with Crippen molar-refractivity contribution in [3.05, 3.63) is 0 Å². The molecule has 1 saturated heterocycles. The van der Waals surface area contributed by atoms with Gasteiger partial charge < -0.3 is 40.3 Å².